The van der Waals surface area contributed by atoms with Crippen LogP contribution >= 0.6 is 27.3 Å². The van der Waals surface area contributed by atoms with E-state index < -0.39 is 0 Å². The molecule has 1 heterocycles. The fraction of sp³-hybridized carbons (Fsp3) is 0.385. The van der Waals surface area contributed by atoms with Crippen molar-refractivity contribution in [2.45, 2.75) is 20.3 Å². The number of thiazole rings is 1. The van der Waals surface area contributed by atoms with E-state index in [9.17, 15) is 4.79 Å². The van der Waals surface area contributed by atoms with Crippen LogP contribution in [0.5, 0.6) is 0 Å². The lowest BCUT2D eigenvalue weighted by molar-refractivity contribution is 0.0601. The van der Waals surface area contributed by atoms with E-state index in [2.05, 4.69) is 34.8 Å². The first-order valence-electron chi connectivity index (χ1n) is 5.68. The Morgan fingerprint density at radius 3 is 2.83 bits per heavy atom. The summed E-state index contributed by atoms with van der Waals surface area (Å²) in [6.45, 7) is 4.30. The van der Waals surface area contributed by atoms with Crippen molar-refractivity contribution < 1.29 is 9.53 Å². The average molecular weight is 328 g/mol. The highest BCUT2D eigenvalue weighted by Gasteiger charge is 2.14. The Morgan fingerprint density at radius 2 is 2.22 bits per heavy atom. The van der Waals surface area contributed by atoms with E-state index in [1.807, 2.05) is 12.1 Å². The van der Waals surface area contributed by atoms with Gasteiger partial charge in [-0.3, -0.25) is 0 Å². The first-order chi connectivity index (χ1) is 8.51. The molecule has 0 amide bonds. The molecule has 3 nitrogen and oxygen atoms in total. The molecule has 0 N–H and O–H groups in total. The quantitative estimate of drug-likeness (QED) is 0.798. The molecule has 1 aromatic heterocycles. The first-order valence-corrected chi connectivity index (χ1v) is 7.29. The summed E-state index contributed by atoms with van der Waals surface area (Å²) in [5.74, 6) is 0.216. The number of esters is 1. The molecule has 0 fully saturated rings. The van der Waals surface area contributed by atoms with E-state index in [0.717, 1.165) is 26.1 Å². The lowest BCUT2D eigenvalue weighted by Crippen LogP contribution is -2.03. The van der Waals surface area contributed by atoms with Crippen molar-refractivity contribution in [2.24, 2.45) is 5.92 Å². The van der Waals surface area contributed by atoms with E-state index >= 15 is 0 Å². The van der Waals surface area contributed by atoms with Gasteiger partial charge in [0.05, 0.1) is 22.9 Å². The number of carbonyl (C=O) groups excluding carboxylic acids is 1. The lowest BCUT2D eigenvalue weighted by atomic mass is 10.00. The van der Waals surface area contributed by atoms with Gasteiger partial charge in [0.25, 0.3) is 0 Å². The first kappa shape index (κ1) is 13.5. The summed E-state index contributed by atoms with van der Waals surface area (Å²) in [7, 11) is 1.40. The number of aromatic nitrogens is 1. The van der Waals surface area contributed by atoms with Crippen LogP contribution in [-0.4, -0.2) is 18.1 Å². The van der Waals surface area contributed by atoms with Crippen molar-refractivity contribution in [2.75, 3.05) is 7.11 Å². The molecule has 2 rings (SSSR count). The van der Waals surface area contributed by atoms with E-state index in [0.29, 0.717) is 11.5 Å². The minimum atomic E-state index is -0.300. The molecular formula is C13H14BrNO2S. The summed E-state index contributed by atoms with van der Waals surface area (Å²) in [6.07, 6.45) is 0.900. The van der Waals surface area contributed by atoms with E-state index in [4.69, 9.17) is 4.74 Å². The topological polar surface area (TPSA) is 39.2 Å². The predicted molar refractivity (Wildman–Crippen MR) is 77.2 cm³/mol. The van der Waals surface area contributed by atoms with E-state index in [1.54, 1.807) is 0 Å². The molecular weight excluding hydrogens is 314 g/mol. The fourth-order valence-electron chi connectivity index (χ4n) is 1.90. The maximum Gasteiger partial charge on any atom is 0.337 e. The van der Waals surface area contributed by atoms with Gasteiger partial charge in [0.1, 0.15) is 0 Å². The van der Waals surface area contributed by atoms with Gasteiger partial charge in [-0.15, -0.1) is 11.3 Å². The molecule has 0 saturated heterocycles. The van der Waals surface area contributed by atoms with Crippen LogP contribution in [0, 0.1) is 5.92 Å². The van der Waals surface area contributed by atoms with Gasteiger partial charge >= 0.3 is 5.97 Å². The van der Waals surface area contributed by atoms with Crippen LogP contribution in [0.1, 0.15) is 29.8 Å². The Labute approximate surface area is 118 Å². The van der Waals surface area contributed by atoms with Gasteiger partial charge in [-0.2, -0.15) is 0 Å². The normalized spacial score (nSPS) is 11.2. The number of hydrogen-bond donors (Lipinski definition) is 0. The number of fused-ring (bicyclic) bond motifs is 1. The number of ether oxygens (including phenoxy) is 1. The third-order valence-electron chi connectivity index (χ3n) is 2.60. The lowest BCUT2D eigenvalue weighted by Gasteiger charge is -2.08. The largest absolute Gasteiger partial charge is 0.465 e. The monoisotopic (exact) mass is 327 g/mol. The Morgan fingerprint density at radius 1 is 1.50 bits per heavy atom. The van der Waals surface area contributed by atoms with Crippen molar-refractivity contribution in [3.05, 3.63) is 27.2 Å². The molecule has 0 radical (unpaired) electrons. The molecule has 2 aromatic rings. The van der Waals surface area contributed by atoms with Gasteiger partial charge in [-0.1, -0.05) is 13.8 Å². The highest BCUT2D eigenvalue weighted by Crippen LogP contribution is 2.31. The Balaban J connectivity index is 2.60. The van der Waals surface area contributed by atoms with Crippen LogP contribution in [0.4, 0.5) is 0 Å². The number of methoxy groups -OCH3 is 1. The van der Waals surface area contributed by atoms with Gasteiger partial charge in [0.2, 0.25) is 0 Å². The van der Waals surface area contributed by atoms with Crippen molar-refractivity contribution in [1.82, 2.24) is 4.98 Å². The van der Waals surface area contributed by atoms with Crippen LogP contribution in [0.15, 0.2) is 16.0 Å². The molecule has 18 heavy (non-hydrogen) atoms. The van der Waals surface area contributed by atoms with E-state index in [1.165, 1.54) is 18.4 Å². The molecule has 96 valence electrons. The molecule has 0 aliphatic heterocycles. The average Bonchev–Trinajstić information content (AvgIpc) is 2.68. The van der Waals surface area contributed by atoms with Crippen molar-refractivity contribution in [3.8, 4) is 0 Å². The SMILES string of the molecule is COC(=O)c1cc(CC(C)C)c2nc(Br)sc2c1. The number of carbonyl (C=O) groups is 1. The third-order valence-corrected chi connectivity index (χ3v) is 4.05. The maximum absolute atomic E-state index is 11.7. The summed E-state index contributed by atoms with van der Waals surface area (Å²) in [5.41, 5.74) is 2.68. The number of hydrogen-bond acceptors (Lipinski definition) is 4. The second-order valence-electron chi connectivity index (χ2n) is 4.54. The number of benzene rings is 1. The zero-order chi connectivity index (χ0) is 13.3. The zero-order valence-electron chi connectivity index (χ0n) is 10.5. The number of nitrogens with zero attached hydrogens (tertiary/aromatic N) is 1. The van der Waals surface area contributed by atoms with Gasteiger partial charge in [-0.25, -0.2) is 9.78 Å². The van der Waals surface area contributed by atoms with Gasteiger partial charge in [-0.05, 0) is 46.0 Å². The Hall–Kier alpha value is -0.940. The van der Waals surface area contributed by atoms with Gasteiger partial charge in [0, 0.05) is 0 Å². The molecule has 5 heteroatoms. The number of rotatable bonds is 3. The standard InChI is InChI=1S/C13H14BrNO2S/c1-7(2)4-8-5-9(12(16)17-3)6-10-11(8)15-13(14)18-10/h5-7H,4H2,1-3H3. The second kappa shape index (κ2) is 5.36. The van der Waals surface area contributed by atoms with Crippen LogP contribution in [0.3, 0.4) is 0 Å². The van der Waals surface area contributed by atoms with Crippen LogP contribution in [0.2, 0.25) is 0 Å². The maximum atomic E-state index is 11.7. The number of halogens is 1. The van der Waals surface area contributed by atoms with Gasteiger partial charge in [0.15, 0.2) is 3.92 Å². The molecule has 0 saturated carbocycles. The summed E-state index contributed by atoms with van der Waals surface area (Å²) in [5, 5.41) is 0. The fourth-order valence-corrected chi connectivity index (χ4v) is 3.38. The summed E-state index contributed by atoms with van der Waals surface area (Å²) in [4.78, 5) is 16.1. The zero-order valence-corrected chi connectivity index (χ0v) is 12.9. The molecule has 0 bridgehead atoms. The highest BCUT2D eigenvalue weighted by atomic mass is 79.9. The molecule has 0 aliphatic rings. The Kier molecular flexibility index (Phi) is 4.02. The molecule has 0 spiro atoms. The smallest absolute Gasteiger partial charge is 0.337 e. The highest BCUT2D eigenvalue weighted by molar-refractivity contribution is 9.11. The molecule has 0 aliphatic carbocycles. The predicted octanol–water partition coefficient (Wildman–Crippen LogP) is 4.04. The van der Waals surface area contributed by atoms with Crippen molar-refractivity contribution >= 4 is 43.5 Å². The summed E-state index contributed by atoms with van der Waals surface area (Å²) >= 11 is 4.93. The second-order valence-corrected chi connectivity index (χ2v) is 6.85. The van der Waals surface area contributed by atoms with Crippen molar-refractivity contribution in [3.63, 3.8) is 0 Å². The van der Waals surface area contributed by atoms with Crippen LogP contribution in [0.25, 0.3) is 10.2 Å². The Bertz CT molecular complexity index is 592. The van der Waals surface area contributed by atoms with Crippen LogP contribution in [-0.2, 0) is 11.2 Å². The summed E-state index contributed by atoms with van der Waals surface area (Å²) < 4.78 is 6.64. The minimum Gasteiger partial charge on any atom is -0.465 e. The molecule has 0 unspecified atom stereocenters. The molecule has 0 atom stereocenters. The van der Waals surface area contributed by atoms with Gasteiger partial charge < -0.3 is 4.74 Å². The third kappa shape index (κ3) is 2.72. The minimum absolute atomic E-state index is 0.300. The van der Waals surface area contributed by atoms with E-state index in [-0.39, 0.29) is 5.97 Å². The van der Waals surface area contributed by atoms with Crippen molar-refractivity contribution in [1.29, 1.82) is 0 Å². The summed E-state index contributed by atoms with van der Waals surface area (Å²) in [6, 6.07) is 3.73. The van der Waals surface area contributed by atoms with Crippen LogP contribution < -0.4 is 0 Å². The molecule has 1 aromatic carbocycles.